The highest BCUT2D eigenvalue weighted by atomic mass is 32.1. The van der Waals surface area contributed by atoms with Gasteiger partial charge in [0.25, 0.3) is 0 Å². The van der Waals surface area contributed by atoms with E-state index in [2.05, 4.69) is 18.4 Å². The second-order valence-electron chi connectivity index (χ2n) is 3.39. The summed E-state index contributed by atoms with van der Waals surface area (Å²) in [5.41, 5.74) is 3.60. The van der Waals surface area contributed by atoms with Crippen LogP contribution in [0.2, 0.25) is 0 Å². The molecule has 72 valence electrons. The van der Waals surface area contributed by atoms with Gasteiger partial charge in [-0.15, -0.1) is 11.3 Å². The highest BCUT2D eigenvalue weighted by Gasteiger charge is 2.05. The van der Waals surface area contributed by atoms with Crippen LogP contribution < -0.4 is 0 Å². The molecule has 1 nitrogen and oxygen atoms in total. The van der Waals surface area contributed by atoms with E-state index in [1.165, 1.54) is 16.0 Å². The number of thiophene rings is 1. The van der Waals surface area contributed by atoms with Gasteiger partial charge in [-0.2, -0.15) is 0 Å². The van der Waals surface area contributed by atoms with Crippen molar-refractivity contribution in [2.45, 2.75) is 13.8 Å². The molecular weight excluding hydrogens is 192 g/mol. The third-order valence-electron chi connectivity index (χ3n) is 2.36. The summed E-state index contributed by atoms with van der Waals surface area (Å²) >= 11 is 1.75. The summed E-state index contributed by atoms with van der Waals surface area (Å²) in [5.74, 6) is 0.333. The summed E-state index contributed by atoms with van der Waals surface area (Å²) in [6.45, 7) is 4.14. The molecule has 2 rings (SSSR count). The predicted molar refractivity (Wildman–Crippen MR) is 60.9 cm³/mol. The SMILES string of the molecule is Cc1cc(O)ccc1-c1ccsc1C. The lowest BCUT2D eigenvalue weighted by Gasteiger charge is -2.05. The van der Waals surface area contributed by atoms with Crippen molar-refractivity contribution in [3.8, 4) is 16.9 Å². The van der Waals surface area contributed by atoms with Crippen LogP contribution in [0.3, 0.4) is 0 Å². The average molecular weight is 204 g/mol. The van der Waals surface area contributed by atoms with Gasteiger partial charge in [0, 0.05) is 4.88 Å². The lowest BCUT2D eigenvalue weighted by molar-refractivity contribution is 0.475. The van der Waals surface area contributed by atoms with Crippen molar-refractivity contribution >= 4 is 11.3 Å². The van der Waals surface area contributed by atoms with E-state index in [0.717, 1.165) is 5.56 Å². The zero-order valence-electron chi connectivity index (χ0n) is 8.24. The lowest BCUT2D eigenvalue weighted by Crippen LogP contribution is -1.82. The van der Waals surface area contributed by atoms with Crippen LogP contribution in [-0.2, 0) is 0 Å². The second kappa shape index (κ2) is 3.46. The van der Waals surface area contributed by atoms with Crippen molar-refractivity contribution in [3.05, 3.63) is 40.1 Å². The Labute approximate surface area is 87.7 Å². The fourth-order valence-electron chi connectivity index (χ4n) is 1.61. The van der Waals surface area contributed by atoms with E-state index in [1.54, 1.807) is 23.5 Å². The molecule has 0 atom stereocenters. The molecule has 0 saturated heterocycles. The summed E-state index contributed by atoms with van der Waals surface area (Å²) in [4.78, 5) is 1.32. The molecule has 1 aromatic carbocycles. The van der Waals surface area contributed by atoms with Crippen LogP contribution in [0.4, 0.5) is 0 Å². The molecule has 2 aromatic rings. The van der Waals surface area contributed by atoms with Gasteiger partial charge in [-0.3, -0.25) is 0 Å². The first-order valence-corrected chi connectivity index (χ1v) is 5.40. The molecule has 0 unspecified atom stereocenters. The average Bonchev–Trinajstić information content (AvgIpc) is 2.52. The van der Waals surface area contributed by atoms with Gasteiger partial charge in [0.2, 0.25) is 0 Å². The number of phenols is 1. The van der Waals surface area contributed by atoms with Crippen molar-refractivity contribution in [1.29, 1.82) is 0 Å². The maximum atomic E-state index is 9.31. The Morgan fingerprint density at radius 3 is 2.43 bits per heavy atom. The van der Waals surface area contributed by atoms with Crippen LogP contribution in [0.25, 0.3) is 11.1 Å². The smallest absolute Gasteiger partial charge is 0.115 e. The van der Waals surface area contributed by atoms with Gasteiger partial charge >= 0.3 is 0 Å². The van der Waals surface area contributed by atoms with Crippen molar-refractivity contribution in [1.82, 2.24) is 0 Å². The van der Waals surface area contributed by atoms with Crippen LogP contribution >= 0.6 is 11.3 Å². The normalized spacial score (nSPS) is 10.4. The summed E-state index contributed by atoms with van der Waals surface area (Å²) in [5, 5.41) is 11.4. The van der Waals surface area contributed by atoms with Crippen LogP contribution in [0.15, 0.2) is 29.6 Å². The molecule has 0 amide bonds. The largest absolute Gasteiger partial charge is 0.508 e. The maximum absolute atomic E-state index is 9.31. The number of hydrogen-bond acceptors (Lipinski definition) is 2. The van der Waals surface area contributed by atoms with Crippen LogP contribution in [0.5, 0.6) is 5.75 Å². The summed E-state index contributed by atoms with van der Waals surface area (Å²) < 4.78 is 0. The summed E-state index contributed by atoms with van der Waals surface area (Å²) in [6, 6.07) is 7.63. The van der Waals surface area contributed by atoms with Gasteiger partial charge < -0.3 is 5.11 Å². The molecule has 14 heavy (non-hydrogen) atoms. The van der Waals surface area contributed by atoms with E-state index in [4.69, 9.17) is 0 Å². The molecule has 1 N–H and O–H groups in total. The van der Waals surface area contributed by atoms with Gasteiger partial charge in [0.05, 0.1) is 0 Å². The monoisotopic (exact) mass is 204 g/mol. The maximum Gasteiger partial charge on any atom is 0.115 e. The van der Waals surface area contributed by atoms with Crippen molar-refractivity contribution in [2.24, 2.45) is 0 Å². The lowest BCUT2D eigenvalue weighted by atomic mass is 10.0. The van der Waals surface area contributed by atoms with Gasteiger partial charge in [-0.1, -0.05) is 6.07 Å². The Morgan fingerprint density at radius 2 is 1.86 bits per heavy atom. The first-order valence-electron chi connectivity index (χ1n) is 4.52. The number of phenolic OH excluding ortho intramolecular Hbond substituents is 1. The Bertz CT molecular complexity index is 457. The molecule has 0 saturated carbocycles. The van der Waals surface area contributed by atoms with E-state index < -0.39 is 0 Å². The predicted octanol–water partition coefficient (Wildman–Crippen LogP) is 3.74. The Morgan fingerprint density at radius 1 is 1.07 bits per heavy atom. The number of aromatic hydroxyl groups is 1. The van der Waals surface area contributed by atoms with Crippen molar-refractivity contribution in [3.63, 3.8) is 0 Å². The summed E-state index contributed by atoms with van der Waals surface area (Å²) in [7, 11) is 0. The number of hydrogen-bond donors (Lipinski definition) is 1. The molecule has 0 spiro atoms. The van der Waals surface area contributed by atoms with Gasteiger partial charge in [-0.25, -0.2) is 0 Å². The molecule has 0 aliphatic rings. The quantitative estimate of drug-likeness (QED) is 0.750. The van der Waals surface area contributed by atoms with Gasteiger partial charge in [0.15, 0.2) is 0 Å². The number of aryl methyl sites for hydroxylation is 2. The first kappa shape index (κ1) is 9.28. The minimum atomic E-state index is 0.333. The topological polar surface area (TPSA) is 20.2 Å². The van der Waals surface area contributed by atoms with E-state index in [0.29, 0.717) is 5.75 Å². The van der Waals surface area contributed by atoms with Crippen molar-refractivity contribution in [2.75, 3.05) is 0 Å². The Hall–Kier alpha value is -1.28. The molecule has 1 aromatic heterocycles. The zero-order chi connectivity index (χ0) is 10.1. The van der Waals surface area contributed by atoms with Crippen LogP contribution in [-0.4, -0.2) is 5.11 Å². The minimum absolute atomic E-state index is 0.333. The second-order valence-corrected chi connectivity index (χ2v) is 4.51. The van der Waals surface area contributed by atoms with Crippen molar-refractivity contribution < 1.29 is 5.11 Å². The van der Waals surface area contributed by atoms with Gasteiger partial charge in [0.1, 0.15) is 5.75 Å². The molecule has 1 heterocycles. The standard InChI is InChI=1S/C12H12OS/c1-8-7-10(13)3-4-11(8)12-5-6-14-9(12)2/h3-7,13H,1-2H3. The highest BCUT2D eigenvalue weighted by molar-refractivity contribution is 7.10. The number of benzene rings is 1. The third-order valence-corrected chi connectivity index (χ3v) is 3.20. The summed E-state index contributed by atoms with van der Waals surface area (Å²) in [6.07, 6.45) is 0. The van der Waals surface area contributed by atoms with Gasteiger partial charge in [-0.05, 0) is 54.1 Å². The molecule has 0 bridgehead atoms. The Kier molecular flexibility index (Phi) is 2.30. The van der Waals surface area contributed by atoms with E-state index >= 15 is 0 Å². The van der Waals surface area contributed by atoms with E-state index in [9.17, 15) is 5.11 Å². The van der Waals surface area contributed by atoms with E-state index in [-0.39, 0.29) is 0 Å². The Balaban J connectivity index is 2.58. The molecule has 0 aliphatic carbocycles. The highest BCUT2D eigenvalue weighted by Crippen LogP contribution is 2.31. The number of rotatable bonds is 1. The molecule has 0 radical (unpaired) electrons. The fraction of sp³-hybridized carbons (Fsp3) is 0.167. The molecular formula is C12H12OS. The van der Waals surface area contributed by atoms with E-state index in [1.807, 2.05) is 13.0 Å². The van der Waals surface area contributed by atoms with Crippen LogP contribution in [0, 0.1) is 13.8 Å². The van der Waals surface area contributed by atoms with Crippen LogP contribution in [0.1, 0.15) is 10.4 Å². The molecule has 2 heteroatoms. The molecule has 0 fully saturated rings. The molecule has 0 aliphatic heterocycles. The minimum Gasteiger partial charge on any atom is -0.508 e. The third kappa shape index (κ3) is 1.53. The first-order chi connectivity index (χ1) is 6.68. The zero-order valence-corrected chi connectivity index (χ0v) is 9.06. The fourth-order valence-corrected chi connectivity index (χ4v) is 2.33.